The summed E-state index contributed by atoms with van der Waals surface area (Å²) in [4.78, 5) is 24.2. The summed E-state index contributed by atoms with van der Waals surface area (Å²) in [5, 5.41) is 6.28. The number of nitrogens with two attached hydrogens (primary N) is 2. The number of benzene rings is 2. The lowest BCUT2D eigenvalue weighted by molar-refractivity contribution is -0.142. The molecule has 0 aliphatic rings. The highest BCUT2D eigenvalue weighted by Crippen LogP contribution is 2.31. The van der Waals surface area contributed by atoms with Crippen LogP contribution in [0.15, 0.2) is 42.5 Å². The third kappa shape index (κ3) is 5.22. The van der Waals surface area contributed by atoms with Crippen LogP contribution in [0, 0.1) is 5.82 Å². The molecule has 0 aliphatic carbocycles. The van der Waals surface area contributed by atoms with Gasteiger partial charge in [-0.15, -0.1) is 0 Å². The maximum absolute atomic E-state index is 14.8. The first-order valence-corrected chi connectivity index (χ1v) is 9.44. The van der Waals surface area contributed by atoms with E-state index in [2.05, 4.69) is 10.4 Å². The monoisotopic (exact) mass is 465 g/mol. The van der Waals surface area contributed by atoms with Gasteiger partial charge in [-0.05, 0) is 29.8 Å². The first-order valence-electron chi connectivity index (χ1n) is 9.44. The number of amides is 2. The lowest BCUT2D eigenvalue weighted by Gasteiger charge is -2.10. The second kappa shape index (κ2) is 9.18. The van der Waals surface area contributed by atoms with Gasteiger partial charge in [-0.3, -0.25) is 9.59 Å². The summed E-state index contributed by atoms with van der Waals surface area (Å²) in [6.45, 7) is -1.63. The summed E-state index contributed by atoms with van der Waals surface area (Å²) in [5.41, 5.74) is 10.3. The molecular weight excluding hydrogens is 446 g/mol. The fraction of sp³-hybridized carbons (Fsp3) is 0.190. The zero-order valence-electron chi connectivity index (χ0n) is 17.2. The van der Waals surface area contributed by atoms with Crippen molar-refractivity contribution >= 4 is 17.6 Å². The van der Waals surface area contributed by atoms with Gasteiger partial charge in [0.05, 0.1) is 12.7 Å². The van der Waals surface area contributed by atoms with Crippen LogP contribution in [0.1, 0.15) is 26.3 Å². The summed E-state index contributed by atoms with van der Waals surface area (Å²) in [7, 11) is 1.42. The largest absolute Gasteiger partial charge is 0.496 e. The number of nitrogens with one attached hydrogen (secondary N) is 1. The molecule has 0 unspecified atom stereocenters. The van der Waals surface area contributed by atoms with Crippen LogP contribution in [-0.4, -0.2) is 34.9 Å². The Morgan fingerprint density at radius 1 is 1.18 bits per heavy atom. The van der Waals surface area contributed by atoms with Crippen molar-refractivity contribution in [3.05, 3.63) is 65.0 Å². The van der Waals surface area contributed by atoms with Gasteiger partial charge in [0.25, 0.3) is 11.8 Å². The molecule has 1 heterocycles. The predicted octanol–water partition coefficient (Wildman–Crippen LogP) is 2.87. The normalized spacial score (nSPS) is 11.3. The average Bonchev–Trinajstić information content (AvgIpc) is 3.06. The lowest BCUT2D eigenvalue weighted by Crippen LogP contribution is -2.23. The maximum atomic E-state index is 14.8. The number of aromatic nitrogens is 2. The highest BCUT2D eigenvalue weighted by molar-refractivity contribution is 6.03. The summed E-state index contributed by atoms with van der Waals surface area (Å²) in [5.74, 6) is -2.75. The van der Waals surface area contributed by atoms with Gasteiger partial charge in [0.1, 0.15) is 35.2 Å². The number of methoxy groups -OCH3 is 1. The van der Waals surface area contributed by atoms with Gasteiger partial charge in [-0.2, -0.15) is 18.3 Å². The van der Waals surface area contributed by atoms with Gasteiger partial charge in [0.15, 0.2) is 0 Å². The van der Waals surface area contributed by atoms with Crippen LogP contribution in [0.4, 0.5) is 23.4 Å². The summed E-state index contributed by atoms with van der Waals surface area (Å²) in [6.07, 6.45) is -4.67. The van der Waals surface area contributed by atoms with Crippen LogP contribution in [0.5, 0.6) is 5.75 Å². The molecule has 8 nitrogen and oxygen atoms in total. The van der Waals surface area contributed by atoms with Crippen LogP contribution in [0.3, 0.4) is 0 Å². The molecule has 0 aliphatic heterocycles. The first kappa shape index (κ1) is 23.6. The van der Waals surface area contributed by atoms with Gasteiger partial charge >= 0.3 is 6.18 Å². The Kier molecular flexibility index (Phi) is 6.56. The van der Waals surface area contributed by atoms with Crippen molar-refractivity contribution in [2.75, 3.05) is 12.8 Å². The molecule has 0 fully saturated rings. The standard InChI is InChI=1S/C21H19F4N5O3/c1-33-15-5-3-2-4-13(15)20(32)28-9-11-6-7-12(14(22)8-11)17-16(19(27)31)18(26)30(29-17)10-21(23,24)25/h2-8H,9-10,26H2,1H3,(H2,27,31)(H,28,32). The van der Waals surface area contributed by atoms with Crippen LogP contribution < -0.4 is 21.5 Å². The third-order valence-corrected chi connectivity index (χ3v) is 4.66. The van der Waals surface area contributed by atoms with E-state index in [4.69, 9.17) is 16.2 Å². The lowest BCUT2D eigenvalue weighted by atomic mass is 10.0. The zero-order chi connectivity index (χ0) is 24.3. The number of hydrogen-bond donors (Lipinski definition) is 3. The Labute approximate surface area is 185 Å². The number of halogens is 4. The van der Waals surface area contributed by atoms with Crippen molar-refractivity contribution in [1.29, 1.82) is 0 Å². The minimum Gasteiger partial charge on any atom is -0.496 e. The Bertz CT molecular complexity index is 1210. The number of anilines is 1. The van der Waals surface area contributed by atoms with Crippen LogP contribution >= 0.6 is 0 Å². The Morgan fingerprint density at radius 2 is 1.88 bits per heavy atom. The van der Waals surface area contributed by atoms with E-state index in [1.807, 2.05) is 0 Å². The Hall–Kier alpha value is -4.09. The van der Waals surface area contributed by atoms with E-state index in [9.17, 15) is 27.2 Å². The maximum Gasteiger partial charge on any atom is 0.408 e. The number of hydrogen-bond acceptors (Lipinski definition) is 5. The van der Waals surface area contributed by atoms with E-state index in [1.165, 1.54) is 19.2 Å². The number of nitrogens with zero attached hydrogens (tertiary/aromatic N) is 2. The summed E-state index contributed by atoms with van der Waals surface area (Å²) < 4.78 is 58.6. The second-order valence-electron chi connectivity index (χ2n) is 6.94. The number of para-hydroxylation sites is 1. The van der Waals surface area contributed by atoms with E-state index in [0.717, 1.165) is 6.07 Å². The smallest absolute Gasteiger partial charge is 0.408 e. The fourth-order valence-electron chi connectivity index (χ4n) is 3.17. The average molecular weight is 465 g/mol. The Balaban J connectivity index is 1.86. The molecule has 5 N–H and O–H groups in total. The quantitative estimate of drug-likeness (QED) is 0.463. The molecule has 2 amide bonds. The van der Waals surface area contributed by atoms with E-state index < -0.39 is 47.4 Å². The van der Waals surface area contributed by atoms with Gasteiger partial charge in [0, 0.05) is 12.1 Å². The molecule has 2 aromatic carbocycles. The summed E-state index contributed by atoms with van der Waals surface area (Å²) >= 11 is 0. The van der Waals surface area contributed by atoms with Gasteiger partial charge in [-0.1, -0.05) is 18.2 Å². The molecule has 3 aromatic rings. The molecule has 12 heteroatoms. The number of primary amides is 1. The zero-order valence-corrected chi connectivity index (χ0v) is 17.2. The summed E-state index contributed by atoms with van der Waals surface area (Å²) in [6, 6.07) is 10.2. The molecule has 33 heavy (non-hydrogen) atoms. The van der Waals surface area contributed by atoms with Crippen molar-refractivity contribution in [1.82, 2.24) is 15.1 Å². The molecule has 1 aromatic heterocycles. The van der Waals surface area contributed by atoms with E-state index in [1.54, 1.807) is 24.3 Å². The van der Waals surface area contributed by atoms with E-state index in [-0.39, 0.29) is 17.7 Å². The first-order chi connectivity index (χ1) is 15.5. The van der Waals surface area contributed by atoms with Crippen LogP contribution in [-0.2, 0) is 13.1 Å². The van der Waals surface area contributed by atoms with Gasteiger partial charge in [-0.25, -0.2) is 9.07 Å². The van der Waals surface area contributed by atoms with Crippen LogP contribution in [0.25, 0.3) is 11.3 Å². The number of carbonyl (C=O) groups is 2. The molecule has 3 rings (SSSR count). The van der Waals surface area contributed by atoms with Crippen molar-refractivity contribution in [3.63, 3.8) is 0 Å². The second-order valence-corrected chi connectivity index (χ2v) is 6.94. The van der Waals surface area contributed by atoms with Crippen molar-refractivity contribution in [2.45, 2.75) is 19.3 Å². The molecule has 0 bridgehead atoms. The predicted molar refractivity (Wildman–Crippen MR) is 111 cm³/mol. The molecule has 0 radical (unpaired) electrons. The number of rotatable bonds is 7. The molecular formula is C21H19F4N5O3. The topological polar surface area (TPSA) is 125 Å². The van der Waals surface area contributed by atoms with Gasteiger partial charge in [0.2, 0.25) is 0 Å². The fourth-order valence-corrected chi connectivity index (χ4v) is 3.17. The highest BCUT2D eigenvalue weighted by Gasteiger charge is 2.32. The third-order valence-electron chi connectivity index (χ3n) is 4.66. The van der Waals surface area contributed by atoms with Crippen LogP contribution in [0.2, 0.25) is 0 Å². The van der Waals surface area contributed by atoms with Crippen molar-refractivity contribution in [3.8, 4) is 17.0 Å². The molecule has 0 spiro atoms. The highest BCUT2D eigenvalue weighted by atomic mass is 19.4. The Morgan fingerprint density at radius 3 is 2.48 bits per heavy atom. The molecule has 0 saturated heterocycles. The number of nitrogen functional groups attached to an aromatic ring is 1. The van der Waals surface area contributed by atoms with Gasteiger partial charge < -0.3 is 21.5 Å². The SMILES string of the molecule is COc1ccccc1C(=O)NCc1ccc(-c2nn(CC(F)(F)F)c(N)c2C(N)=O)c(F)c1. The van der Waals surface area contributed by atoms with E-state index in [0.29, 0.717) is 16.0 Å². The van der Waals surface area contributed by atoms with Crippen molar-refractivity contribution < 1.29 is 31.9 Å². The number of alkyl halides is 3. The molecule has 0 saturated carbocycles. The molecule has 174 valence electrons. The number of ether oxygens (including phenoxy) is 1. The minimum atomic E-state index is -4.67. The van der Waals surface area contributed by atoms with Crippen molar-refractivity contribution in [2.24, 2.45) is 5.73 Å². The van der Waals surface area contributed by atoms with E-state index >= 15 is 0 Å². The minimum absolute atomic E-state index is 0.0542. The molecule has 0 atom stereocenters. The number of carbonyl (C=O) groups excluding carboxylic acids is 2.